The normalized spacial score (nSPS) is 22.4. The second-order valence-corrected chi connectivity index (χ2v) is 8.40. The third-order valence-corrected chi connectivity index (χ3v) is 6.44. The zero-order valence-electron chi connectivity index (χ0n) is 14.1. The molecule has 2 aromatic rings. The SMILES string of the molecule is Nc1nc2c(s1)CCCC2C(=O)N1CCc2nc(C3CC3)ncc2C1. The van der Waals surface area contributed by atoms with Crippen LogP contribution in [0.25, 0.3) is 0 Å². The van der Waals surface area contributed by atoms with Crippen LogP contribution in [0, 0.1) is 0 Å². The molecule has 1 atom stereocenters. The van der Waals surface area contributed by atoms with E-state index in [-0.39, 0.29) is 11.8 Å². The number of nitrogens with two attached hydrogens (primary N) is 1. The first-order valence-corrected chi connectivity index (χ1v) is 9.89. The van der Waals surface area contributed by atoms with Gasteiger partial charge >= 0.3 is 0 Å². The van der Waals surface area contributed by atoms with Crippen LogP contribution in [0.1, 0.15) is 65.2 Å². The number of rotatable bonds is 2. The third-order valence-electron chi connectivity index (χ3n) is 5.48. The Labute approximate surface area is 150 Å². The van der Waals surface area contributed by atoms with Crippen LogP contribution < -0.4 is 5.73 Å². The summed E-state index contributed by atoms with van der Waals surface area (Å²) >= 11 is 1.53. The molecule has 6 nitrogen and oxygen atoms in total. The average molecular weight is 355 g/mol. The van der Waals surface area contributed by atoms with E-state index < -0.39 is 0 Å². The highest BCUT2D eigenvalue weighted by atomic mass is 32.1. The average Bonchev–Trinajstić information content (AvgIpc) is 3.40. The van der Waals surface area contributed by atoms with Gasteiger partial charge in [0.25, 0.3) is 0 Å². The Morgan fingerprint density at radius 3 is 2.96 bits per heavy atom. The number of amides is 1. The van der Waals surface area contributed by atoms with Gasteiger partial charge in [-0.25, -0.2) is 15.0 Å². The molecule has 3 aliphatic rings. The highest BCUT2D eigenvalue weighted by Crippen LogP contribution is 2.39. The lowest BCUT2D eigenvalue weighted by molar-refractivity contribution is -0.134. The molecule has 2 aromatic heterocycles. The maximum absolute atomic E-state index is 13.1. The molecule has 1 saturated carbocycles. The van der Waals surface area contributed by atoms with Crippen molar-refractivity contribution < 1.29 is 4.79 Å². The quantitative estimate of drug-likeness (QED) is 0.894. The molecule has 5 rings (SSSR count). The van der Waals surface area contributed by atoms with Crippen LogP contribution in [0.5, 0.6) is 0 Å². The molecule has 1 aliphatic heterocycles. The molecule has 25 heavy (non-hydrogen) atoms. The van der Waals surface area contributed by atoms with E-state index in [0.29, 0.717) is 17.6 Å². The second kappa shape index (κ2) is 5.76. The van der Waals surface area contributed by atoms with E-state index in [1.165, 1.54) is 29.1 Å². The van der Waals surface area contributed by atoms with Crippen molar-refractivity contribution in [2.45, 2.75) is 56.9 Å². The molecule has 2 N–H and O–H groups in total. The van der Waals surface area contributed by atoms with Gasteiger partial charge in [0.05, 0.1) is 17.3 Å². The number of carbonyl (C=O) groups is 1. The van der Waals surface area contributed by atoms with Crippen LogP contribution in [0.4, 0.5) is 5.13 Å². The molecule has 1 fully saturated rings. The summed E-state index contributed by atoms with van der Waals surface area (Å²) in [5, 5.41) is 0.578. The van der Waals surface area contributed by atoms with E-state index >= 15 is 0 Å². The maximum atomic E-state index is 13.1. The first-order valence-electron chi connectivity index (χ1n) is 9.07. The van der Waals surface area contributed by atoms with Crippen LogP contribution in [0.3, 0.4) is 0 Å². The number of hydrogen-bond acceptors (Lipinski definition) is 6. The first kappa shape index (κ1) is 15.3. The molecule has 2 aliphatic carbocycles. The Hall–Kier alpha value is -2.02. The highest BCUT2D eigenvalue weighted by Gasteiger charge is 2.35. The van der Waals surface area contributed by atoms with Crippen molar-refractivity contribution in [1.29, 1.82) is 0 Å². The Kier molecular flexibility index (Phi) is 3.51. The van der Waals surface area contributed by atoms with Gasteiger partial charge in [0.15, 0.2) is 5.13 Å². The maximum Gasteiger partial charge on any atom is 0.232 e. The summed E-state index contributed by atoms with van der Waals surface area (Å²) in [5.74, 6) is 1.61. The number of carbonyl (C=O) groups excluding carboxylic acids is 1. The number of fused-ring (bicyclic) bond motifs is 2. The predicted octanol–water partition coefficient (Wildman–Crippen LogP) is 2.40. The fourth-order valence-corrected chi connectivity index (χ4v) is 4.89. The molecule has 0 saturated heterocycles. The van der Waals surface area contributed by atoms with Crippen molar-refractivity contribution in [3.63, 3.8) is 0 Å². The molecule has 1 amide bonds. The van der Waals surface area contributed by atoms with Crippen LogP contribution >= 0.6 is 11.3 Å². The number of aromatic nitrogens is 3. The van der Waals surface area contributed by atoms with Gasteiger partial charge in [-0.1, -0.05) is 0 Å². The Morgan fingerprint density at radius 1 is 1.24 bits per heavy atom. The van der Waals surface area contributed by atoms with Gasteiger partial charge in [-0.05, 0) is 32.1 Å². The fourth-order valence-electron chi connectivity index (χ4n) is 3.96. The Bertz CT molecular complexity index is 844. The van der Waals surface area contributed by atoms with E-state index in [2.05, 4.69) is 9.97 Å². The molecule has 130 valence electrons. The van der Waals surface area contributed by atoms with Crippen LogP contribution in [0.2, 0.25) is 0 Å². The van der Waals surface area contributed by atoms with Gasteiger partial charge in [-0.15, -0.1) is 11.3 Å². The number of thiazole rings is 1. The monoisotopic (exact) mass is 355 g/mol. The molecule has 7 heteroatoms. The zero-order chi connectivity index (χ0) is 17.0. The molecule has 1 unspecified atom stereocenters. The summed E-state index contributed by atoms with van der Waals surface area (Å²) in [5.41, 5.74) is 9.02. The summed E-state index contributed by atoms with van der Waals surface area (Å²) in [6, 6.07) is 0. The van der Waals surface area contributed by atoms with Crippen LogP contribution in [0.15, 0.2) is 6.20 Å². The zero-order valence-corrected chi connectivity index (χ0v) is 14.9. The topological polar surface area (TPSA) is 85.0 Å². The van der Waals surface area contributed by atoms with Crippen molar-refractivity contribution >= 4 is 22.4 Å². The highest BCUT2D eigenvalue weighted by molar-refractivity contribution is 7.15. The number of hydrogen-bond donors (Lipinski definition) is 1. The molecular formula is C18H21N5OS. The molecular weight excluding hydrogens is 334 g/mol. The molecule has 0 spiro atoms. The summed E-state index contributed by atoms with van der Waals surface area (Å²) in [7, 11) is 0. The third kappa shape index (κ3) is 2.70. The van der Waals surface area contributed by atoms with Crippen LogP contribution in [-0.2, 0) is 24.2 Å². The minimum atomic E-state index is -0.134. The predicted molar refractivity (Wildman–Crippen MR) is 95.3 cm³/mol. The Balaban J connectivity index is 1.37. The minimum absolute atomic E-state index is 0.134. The largest absolute Gasteiger partial charge is 0.375 e. The summed E-state index contributed by atoms with van der Waals surface area (Å²) in [6.07, 6.45) is 8.08. The lowest BCUT2D eigenvalue weighted by Gasteiger charge is -2.32. The van der Waals surface area contributed by atoms with Gasteiger partial charge in [-0.3, -0.25) is 4.79 Å². The summed E-state index contributed by atoms with van der Waals surface area (Å²) in [4.78, 5) is 30.0. The van der Waals surface area contributed by atoms with Crippen molar-refractivity contribution in [1.82, 2.24) is 19.9 Å². The lowest BCUT2D eigenvalue weighted by Crippen LogP contribution is -2.40. The van der Waals surface area contributed by atoms with Gasteiger partial charge in [-0.2, -0.15) is 0 Å². The first-order chi connectivity index (χ1) is 12.2. The van der Waals surface area contributed by atoms with Gasteiger partial charge in [0.2, 0.25) is 5.91 Å². The molecule has 0 radical (unpaired) electrons. The van der Waals surface area contributed by atoms with Gasteiger partial charge in [0, 0.05) is 42.1 Å². The van der Waals surface area contributed by atoms with Crippen molar-refractivity contribution in [3.05, 3.63) is 33.8 Å². The molecule has 0 aromatic carbocycles. The van der Waals surface area contributed by atoms with E-state index in [1.54, 1.807) is 0 Å². The second-order valence-electron chi connectivity index (χ2n) is 7.29. The van der Waals surface area contributed by atoms with Crippen molar-refractivity contribution in [3.8, 4) is 0 Å². The standard InChI is InChI=1S/C18H21N5OS/c19-18-22-15-12(2-1-3-14(15)25-18)17(24)23-7-6-13-11(9-23)8-20-16(21-13)10-4-5-10/h8,10,12H,1-7,9H2,(H2,19,22). The van der Waals surface area contributed by atoms with Crippen molar-refractivity contribution in [2.24, 2.45) is 0 Å². The summed E-state index contributed by atoms with van der Waals surface area (Å²) < 4.78 is 0. The summed E-state index contributed by atoms with van der Waals surface area (Å²) in [6.45, 7) is 1.35. The van der Waals surface area contributed by atoms with Crippen molar-refractivity contribution in [2.75, 3.05) is 12.3 Å². The number of anilines is 1. The van der Waals surface area contributed by atoms with E-state index in [9.17, 15) is 4.79 Å². The number of nitrogens with zero attached hydrogens (tertiary/aromatic N) is 4. The molecule has 3 heterocycles. The number of nitrogen functional groups attached to an aromatic ring is 1. The minimum Gasteiger partial charge on any atom is -0.375 e. The van der Waals surface area contributed by atoms with Crippen LogP contribution in [-0.4, -0.2) is 32.3 Å². The number of aryl methyl sites for hydroxylation is 1. The van der Waals surface area contributed by atoms with E-state index in [0.717, 1.165) is 55.0 Å². The fraction of sp³-hybridized carbons (Fsp3) is 0.556. The molecule has 0 bridgehead atoms. The van der Waals surface area contributed by atoms with Gasteiger partial charge in [0.1, 0.15) is 5.82 Å². The Morgan fingerprint density at radius 2 is 2.12 bits per heavy atom. The lowest BCUT2D eigenvalue weighted by atomic mass is 9.89. The smallest absolute Gasteiger partial charge is 0.232 e. The van der Waals surface area contributed by atoms with E-state index in [4.69, 9.17) is 10.7 Å². The van der Waals surface area contributed by atoms with E-state index in [1.807, 2.05) is 11.1 Å². The van der Waals surface area contributed by atoms with Gasteiger partial charge < -0.3 is 10.6 Å².